The Morgan fingerprint density at radius 1 is 1.35 bits per heavy atom. The number of hydrogen-bond acceptors (Lipinski definition) is 3. The zero-order valence-corrected chi connectivity index (χ0v) is 14.0. The van der Waals surface area contributed by atoms with Crippen LogP contribution in [0.2, 0.25) is 22.5 Å². The van der Waals surface area contributed by atoms with Gasteiger partial charge in [-0.3, -0.25) is 0 Å². The first-order chi connectivity index (χ1) is 7.76. The van der Waals surface area contributed by atoms with E-state index in [4.69, 9.17) is 5.11 Å². The van der Waals surface area contributed by atoms with Gasteiger partial charge < -0.3 is 0 Å². The summed E-state index contributed by atoms with van der Waals surface area (Å²) >= 11 is -0.114. The summed E-state index contributed by atoms with van der Waals surface area (Å²) in [7, 11) is 0. The molecule has 1 amide bonds. The van der Waals surface area contributed by atoms with Crippen molar-refractivity contribution in [1.82, 2.24) is 5.32 Å². The first-order valence-corrected chi connectivity index (χ1v) is 14.9. The van der Waals surface area contributed by atoms with E-state index in [0.717, 1.165) is 11.0 Å². The van der Waals surface area contributed by atoms with E-state index < -0.39 is 25.3 Å². The third-order valence-electron chi connectivity index (χ3n) is 2.35. The van der Waals surface area contributed by atoms with Crippen molar-refractivity contribution < 1.29 is 14.7 Å². The molecular formula is C11H23GeNO3S. The van der Waals surface area contributed by atoms with E-state index in [-0.39, 0.29) is 5.91 Å². The fourth-order valence-electron chi connectivity index (χ4n) is 1.25. The second-order valence-electron chi connectivity index (χ2n) is 5.30. The summed E-state index contributed by atoms with van der Waals surface area (Å²) in [4.78, 5) is 22.5. The SMILES string of the molecule is CSCC[C@H](NC(=O)C[CH2][Ge]([CH3])([CH3])[CH3])C(=O)O. The van der Waals surface area contributed by atoms with Crippen LogP contribution in [-0.4, -0.2) is 48.3 Å². The molecule has 0 aromatic rings. The molecule has 0 aliphatic rings. The van der Waals surface area contributed by atoms with Crippen molar-refractivity contribution in [2.24, 2.45) is 0 Å². The quantitative estimate of drug-likeness (QED) is 0.671. The van der Waals surface area contributed by atoms with Crippen LogP contribution < -0.4 is 5.32 Å². The van der Waals surface area contributed by atoms with Crippen LogP contribution in [0.5, 0.6) is 0 Å². The van der Waals surface area contributed by atoms with Crippen molar-refractivity contribution in [2.45, 2.75) is 41.4 Å². The average molecular weight is 322 g/mol. The number of carboxylic acids is 1. The second-order valence-corrected chi connectivity index (χ2v) is 18.1. The zero-order valence-electron chi connectivity index (χ0n) is 11.1. The Bertz CT molecular complexity index is 266. The molecule has 0 bridgehead atoms. The maximum atomic E-state index is 11.6. The van der Waals surface area contributed by atoms with Crippen LogP contribution in [0.4, 0.5) is 0 Å². The van der Waals surface area contributed by atoms with Crippen LogP contribution in [0.15, 0.2) is 0 Å². The molecule has 17 heavy (non-hydrogen) atoms. The number of carbonyl (C=O) groups is 2. The summed E-state index contributed by atoms with van der Waals surface area (Å²) in [6.07, 6.45) is 2.87. The van der Waals surface area contributed by atoms with Crippen LogP contribution in [0.1, 0.15) is 12.8 Å². The number of thioether (sulfide) groups is 1. The van der Waals surface area contributed by atoms with Gasteiger partial charge in [-0.15, -0.1) is 0 Å². The molecular weight excluding hydrogens is 299 g/mol. The summed E-state index contributed by atoms with van der Waals surface area (Å²) in [5.74, 6) is 6.42. The van der Waals surface area contributed by atoms with Gasteiger partial charge in [-0.25, -0.2) is 0 Å². The van der Waals surface area contributed by atoms with E-state index in [0.29, 0.717) is 12.8 Å². The van der Waals surface area contributed by atoms with E-state index in [1.54, 1.807) is 11.8 Å². The second kappa shape index (κ2) is 8.03. The Hall–Kier alpha value is -0.167. The van der Waals surface area contributed by atoms with Crippen molar-refractivity contribution in [2.75, 3.05) is 12.0 Å². The Balaban J connectivity index is 4.08. The Kier molecular flexibility index (Phi) is 7.95. The Morgan fingerprint density at radius 3 is 2.35 bits per heavy atom. The number of carboxylic acid groups (broad SMARTS) is 1. The van der Waals surface area contributed by atoms with Crippen molar-refractivity contribution in [3.8, 4) is 0 Å². The van der Waals surface area contributed by atoms with Crippen LogP contribution in [-0.2, 0) is 9.59 Å². The summed E-state index contributed by atoms with van der Waals surface area (Å²) in [5, 5.41) is 12.5. The Morgan fingerprint density at radius 2 is 1.94 bits per heavy atom. The fraction of sp³-hybridized carbons (Fsp3) is 0.818. The monoisotopic (exact) mass is 323 g/mol. The number of aliphatic carboxylic acids is 1. The average Bonchev–Trinajstić information content (AvgIpc) is 2.19. The van der Waals surface area contributed by atoms with Gasteiger partial charge in [0.15, 0.2) is 0 Å². The van der Waals surface area contributed by atoms with Crippen molar-refractivity contribution >= 4 is 36.9 Å². The van der Waals surface area contributed by atoms with Gasteiger partial charge in [0.25, 0.3) is 0 Å². The van der Waals surface area contributed by atoms with Gasteiger partial charge in [0, 0.05) is 0 Å². The van der Waals surface area contributed by atoms with E-state index >= 15 is 0 Å². The standard InChI is InChI=1S/C11H23GeNO3S/c1-12(2,3)7-5-10(14)13-9(11(15)16)6-8-17-4/h9H,5-8H2,1-4H3,(H,13,14)(H,15,16)/t9-/m0/s1. The summed E-state index contributed by atoms with van der Waals surface area (Å²) < 4.78 is 0. The van der Waals surface area contributed by atoms with Crippen LogP contribution in [0.25, 0.3) is 0 Å². The predicted molar refractivity (Wildman–Crippen MR) is 75.3 cm³/mol. The van der Waals surface area contributed by atoms with Crippen LogP contribution >= 0.6 is 11.8 Å². The van der Waals surface area contributed by atoms with Crippen LogP contribution in [0, 0.1) is 0 Å². The minimum atomic E-state index is -1.70. The maximum absolute atomic E-state index is 11.6. The molecule has 0 aliphatic heterocycles. The number of nitrogens with one attached hydrogen (secondary N) is 1. The first-order valence-electron chi connectivity index (χ1n) is 5.77. The van der Waals surface area contributed by atoms with Crippen molar-refractivity contribution in [1.29, 1.82) is 0 Å². The molecule has 2 N–H and O–H groups in total. The molecule has 6 heteroatoms. The van der Waals surface area contributed by atoms with Gasteiger partial charge in [-0.1, -0.05) is 0 Å². The molecule has 1 atom stereocenters. The van der Waals surface area contributed by atoms with E-state index in [2.05, 4.69) is 22.6 Å². The molecule has 0 radical (unpaired) electrons. The molecule has 0 heterocycles. The normalized spacial score (nSPS) is 13.2. The topological polar surface area (TPSA) is 66.4 Å². The third kappa shape index (κ3) is 9.53. The summed E-state index contributed by atoms with van der Waals surface area (Å²) in [6, 6.07) is -0.734. The molecule has 4 nitrogen and oxygen atoms in total. The molecule has 0 saturated carbocycles. The molecule has 0 saturated heterocycles. The zero-order chi connectivity index (χ0) is 13.5. The summed E-state index contributed by atoms with van der Waals surface area (Å²) in [5.41, 5.74) is 0. The fourth-order valence-corrected chi connectivity index (χ4v) is 3.77. The number of rotatable bonds is 8. The third-order valence-corrected chi connectivity index (χ3v) is 6.66. The molecule has 0 fully saturated rings. The molecule has 100 valence electrons. The molecule has 0 spiro atoms. The van der Waals surface area contributed by atoms with Gasteiger partial charge in [0.1, 0.15) is 0 Å². The Labute approximate surface area is 110 Å². The van der Waals surface area contributed by atoms with Crippen molar-refractivity contribution in [3.05, 3.63) is 0 Å². The number of amides is 1. The predicted octanol–water partition coefficient (Wildman–Crippen LogP) is 2.04. The van der Waals surface area contributed by atoms with E-state index in [9.17, 15) is 9.59 Å². The van der Waals surface area contributed by atoms with E-state index in [1.807, 2.05) is 6.26 Å². The molecule has 0 rings (SSSR count). The number of hydrogen-bond donors (Lipinski definition) is 2. The van der Waals surface area contributed by atoms with Crippen molar-refractivity contribution in [3.63, 3.8) is 0 Å². The van der Waals surface area contributed by atoms with Crippen LogP contribution in [0.3, 0.4) is 0 Å². The summed E-state index contributed by atoms with van der Waals surface area (Å²) in [6.45, 7) is 0. The van der Waals surface area contributed by atoms with Gasteiger partial charge >= 0.3 is 110 Å². The molecule has 0 aromatic heterocycles. The molecule has 0 unspecified atom stereocenters. The van der Waals surface area contributed by atoms with Gasteiger partial charge in [-0.2, -0.15) is 0 Å². The first kappa shape index (κ1) is 16.8. The molecule has 0 aliphatic carbocycles. The van der Waals surface area contributed by atoms with Gasteiger partial charge in [0.05, 0.1) is 0 Å². The minimum absolute atomic E-state index is 0.126. The molecule has 0 aromatic carbocycles. The van der Waals surface area contributed by atoms with Gasteiger partial charge in [0.2, 0.25) is 0 Å². The van der Waals surface area contributed by atoms with E-state index in [1.165, 1.54) is 0 Å². The van der Waals surface area contributed by atoms with Gasteiger partial charge in [-0.05, 0) is 0 Å². The number of carbonyl (C=O) groups excluding carboxylic acids is 1.